The minimum atomic E-state index is -2.75. The molecule has 4 aliphatic rings. The van der Waals surface area contributed by atoms with Gasteiger partial charge in [-0.05, 0) is 26.0 Å². The number of rotatable bonds is 1. The number of fused-ring (bicyclic) bond motifs is 3. The second kappa shape index (κ2) is 7.39. The highest BCUT2D eigenvalue weighted by Crippen LogP contribution is 2.51. The number of allylic oxidation sites excluding steroid dienone is 2. The van der Waals surface area contributed by atoms with Gasteiger partial charge in [-0.3, -0.25) is 14.4 Å². The van der Waals surface area contributed by atoms with Crippen molar-refractivity contribution in [2.75, 3.05) is 0 Å². The first-order chi connectivity index (χ1) is 16.2. The van der Waals surface area contributed by atoms with E-state index in [0.717, 1.165) is 12.2 Å². The van der Waals surface area contributed by atoms with E-state index in [1.54, 1.807) is 6.92 Å². The number of aliphatic hydroxyl groups excluding tert-OH is 2. The zero-order valence-corrected chi connectivity index (χ0v) is 19.1. The van der Waals surface area contributed by atoms with E-state index in [1.807, 2.05) is 0 Å². The van der Waals surface area contributed by atoms with Gasteiger partial charge in [-0.1, -0.05) is 12.1 Å². The standard InChI is InChI=1S/C25H26O10/c1-10-19(28)14(26)7-15(35-10)11-3-4-12-17(20(11)29)21(30)13-5-6-24(33)9-23(2,32)8-16(27)25(24,34)18(13)22(12)31/h3-6,10,14-15,19,26,28-29,32-34H,7-9H2,1-2H3/t10-,14+,15+,19-,23+,24+,25+/m0/s1. The molecule has 10 heteroatoms. The van der Waals surface area contributed by atoms with Gasteiger partial charge in [-0.2, -0.15) is 0 Å². The molecule has 10 nitrogen and oxygen atoms in total. The molecule has 6 N–H and O–H groups in total. The van der Waals surface area contributed by atoms with Gasteiger partial charge in [-0.15, -0.1) is 0 Å². The zero-order valence-electron chi connectivity index (χ0n) is 19.1. The van der Waals surface area contributed by atoms with Crippen LogP contribution in [0.1, 0.15) is 65.5 Å². The number of aromatic hydroxyl groups is 1. The molecule has 0 aromatic heterocycles. The first kappa shape index (κ1) is 24.0. The summed E-state index contributed by atoms with van der Waals surface area (Å²) in [5.41, 5.74) is -8.12. The molecule has 0 unspecified atom stereocenters. The molecule has 1 aromatic rings. The molecule has 35 heavy (non-hydrogen) atoms. The van der Waals surface area contributed by atoms with Crippen LogP contribution in [0.15, 0.2) is 35.4 Å². The Morgan fingerprint density at radius 1 is 1.06 bits per heavy atom. The fourth-order valence-electron chi connectivity index (χ4n) is 5.82. The van der Waals surface area contributed by atoms with E-state index >= 15 is 0 Å². The van der Waals surface area contributed by atoms with Crippen molar-refractivity contribution in [2.24, 2.45) is 0 Å². The van der Waals surface area contributed by atoms with Crippen LogP contribution in [0.3, 0.4) is 0 Å². The highest BCUT2D eigenvalue weighted by Gasteiger charge is 2.66. The molecule has 7 atom stereocenters. The van der Waals surface area contributed by atoms with Gasteiger partial charge >= 0.3 is 0 Å². The smallest absolute Gasteiger partial charge is 0.198 e. The maximum absolute atomic E-state index is 13.5. The van der Waals surface area contributed by atoms with E-state index in [0.29, 0.717) is 0 Å². The van der Waals surface area contributed by atoms with E-state index in [-0.39, 0.29) is 28.7 Å². The molecule has 0 radical (unpaired) electrons. The molecule has 2 fully saturated rings. The Kier molecular flexibility index (Phi) is 5.06. The summed E-state index contributed by atoms with van der Waals surface area (Å²) < 4.78 is 5.70. The summed E-state index contributed by atoms with van der Waals surface area (Å²) in [5, 5.41) is 64.1. The predicted molar refractivity (Wildman–Crippen MR) is 118 cm³/mol. The predicted octanol–water partition coefficient (Wildman–Crippen LogP) is -0.215. The van der Waals surface area contributed by atoms with Crippen LogP contribution in [-0.4, -0.2) is 83.1 Å². The van der Waals surface area contributed by atoms with Gasteiger partial charge in [0, 0.05) is 36.0 Å². The van der Waals surface area contributed by atoms with Crippen LogP contribution in [0, 0.1) is 0 Å². The molecule has 0 spiro atoms. The van der Waals surface area contributed by atoms with Gasteiger partial charge in [0.05, 0.1) is 35.0 Å². The Morgan fingerprint density at radius 3 is 2.40 bits per heavy atom. The molecule has 1 saturated heterocycles. The molecule has 1 aromatic carbocycles. The quantitative estimate of drug-likeness (QED) is 0.311. The number of hydrogen-bond donors (Lipinski definition) is 6. The first-order valence-corrected chi connectivity index (χ1v) is 11.3. The van der Waals surface area contributed by atoms with Gasteiger partial charge in [-0.25, -0.2) is 0 Å². The fourth-order valence-corrected chi connectivity index (χ4v) is 5.82. The normalized spacial score (nSPS) is 40.9. The van der Waals surface area contributed by atoms with Gasteiger partial charge < -0.3 is 35.4 Å². The number of Topliss-reactive ketones (excluding diaryl/α,β-unsaturated/α-hetero) is 3. The van der Waals surface area contributed by atoms with Gasteiger partial charge in [0.15, 0.2) is 23.0 Å². The number of phenols is 1. The van der Waals surface area contributed by atoms with Crippen LogP contribution in [0.4, 0.5) is 0 Å². The molecule has 1 saturated carbocycles. The summed E-state index contributed by atoms with van der Waals surface area (Å²) in [6.07, 6.45) is -2.78. The summed E-state index contributed by atoms with van der Waals surface area (Å²) >= 11 is 0. The van der Waals surface area contributed by atoms with Crippen LogP contribution in [0.2, 0.25) is 0 Å². The molecule has 0 bridgehead atoms. The van der Waals surface area contributed by atoms with Crippen molar-refractivity contribution in [2.45, 2.75) is 74.3 Å². The van der Waals surface area contributed by atoms with Crippen LogP contribution in [0.25, 0.3) is 0 Å². The van der Waals surface area contributed by atoms with Crippen molar-refractivity contribution in [1.29, 1.82) is 0 Å². The molecular weight excluding hydrogens is 460 g/mol. The molecule has 5 rings (SSSR count). The van der Waals surface area contributed by atoms with Crippen molar-refractivity contribution in [3.63, 3.8) is 0 Å². The van der Waals surface area contributed by atoms with Gasteiger partial charge in [0.1, 0.15) is 17.5 Å². The summed E-state index contributed by atoms with van der Waals surface area (Å²) in [7, 11) is 0. The Balaban J connectivity index is 1.62. The molecular formula is C25H26O10. The lowest BCUT2D eigenvalue weighted by atomic mass is 9.57. The third kappa shape index (κ3) is 3.15. The van der Waals surface area contributed by atoms with Gasteiger partial charge in [0.25, 0.3) is 0 Å². The highest BCUT2D eigenvalue weighted by atomic mass is 16.5. The second-order valence-corrected chi connectivity index (χ2v) is 10.2. The average Bonchev–Trinajstić information content (AvgIpc) is 2.75. The summed E-state index contributed by atoms with van der Waals surface area (Å²) in [6.45, 7) is 2.88. The molecule has 3 aliphatic carbocycles. The van der Waals surface area contributed by atoms with Crippen LogP contribution >= 0.6 is 0 Å². The number of carbonyl (C=O) groups is 3. The molecule has 186 valence electrons. The average molecular weight is 486 g/mol. The summed E-state index contributed by atoms with van der Waals surface area (Å²) in [5.74, 6) is -3.30. The third-order valence-electron chi connectivity index (χ3n) is 7.59. The number of hydrogen-bond acceptors (Lipinski definition) is 10. The minimum Gasteiger partial charge on any atom is -0.507 e. The topological polar surface area (TPSA) is 182 Å². The summed E-state index contributed by atoms with van der Waals surface area (Å²) in [6, 6.07) is 2.60. The monoisotopic (exact) mass is 486 g/mol. The second-order valence-electron chi connectivity index (χ2n) is 10.2. The van der Waals surface area contributed by atoms with Crippen LogP contribution in [0.5, 0.6) is 5.75 Å². The number of benzene rings is 1. The van der Waals surface area contributed by atoms with Crippen LogP contribution < -0.4 is 0 Å². The lowest BCUT2D eigenvalue weighted by Gasteiger charge is -2.51. The van der Waals surface area contributed by atoms with Crippen molar-refractivity contribution in [1.82, 2.24) is 0 Å². The number of carbonyl (C=O) groups excluding carboxylic acids is 3. The largest absolute Gasteiger partial charge is 0.507 e. The van der Waals surface area contributed by atoms with E-state index in [2.05, 4.69) is 0 Å². The third-order valence-corrected chi connectivity index (χ3v) is 7.59. The lowest BCUT2D eigenvalue weighted by molar-refractivity contribution is -0.183. The van der Waals surface area contributed by atoms with Crippen molar-refractivity contribution >= 4 is 17.3 Å². The van der Waals surface area contributed by atoms with Crippen molar-refractivity contribution in [3.8, 4) is 5.75 Å². The van der Waals surface area contributed by atoms with E-state index in [1.165, 1.54) is 19.1 Å². The number of ether oxygens (including phenoxy) is 1. The lowest BCUT2D eigenvalue weighted by Crippen LogP contribution is -2.69. The maximum Gasteiger partial charge on any atom is 0.198 e. The SMILES string of the molecule is C[C@@H]1O[C@@H](c2ccc3c(c2O)C(=O)C2=C(C3=O)[C@]3(O)C(=O)C[C@@](C)(O)C[C@]3(O)C=C2)C[C@@H](O)[C@H]1O. The van der Waals surface area contributed by atoms with E-state index in [9.17, 15) is 45.0 Å². The van der Waals surface area contributed by atoms with Crippen molar-refractivity contribution in [3.05, 3.63) is 52.1 Å². The molecule has 0 amide bonds. The van der Waals surface area contributed by atoms with Gasteiger partial charge in [0.2, 0.25) is 0 Å². The summed E-state index contributed by atoms with van der Waals surface area (Å²) in [4.78, 5) is 40.0. The van der Waals surface area contributed by atoms with Crippen molar-refractivity contribution < 1.29 is 49.8 Å². The maximum atomic E-state index is 13.5. The molecule has 1 heterocycles. The van der Waals surface area contributed by atoms with E-state index in [4.69, 9.17) is 4.74 Å². The Morgan fingerprint density at radius 2 is 1.74 bits per heavy atom. The minimum absolute atomic E-state index is 0.0605. The Bertz CT molecular complexity index is 1230. The first-order valence-electron chi connectivity index (χ1n) is 11.3. The molecule has 1 aliphatic heterocycles. The zero-order chi connectivity index (χ0) is 25.7. The van der Waals surface area contributed by atoms with E-state index < -0.39 is 82.7 Å². The number of phenolic OH excluding ortho intramolecular Hbond substituents is 1. The number of ketones is 3. The highest BCUT2D eigenvalue weighted by molar-refractivity contribution is 6.31. The fraction of sp³-hybridized carbons (Fsp3) is 0.480. The Hall–Kier alpha value is -2.73. The number of aliphatic hydroxyl groups is 5. The Labute approximate surface area is 199 Å². The van der Waals surface area contributed by atoms with Crippen LogP contribution in [-0.2, 0) is 9.53 Å².